The number of nitrogens with zero attached hydrogens (tertiary/aromatic N) is 1. The number of nitrogens with one attached hydrogen (secondary N) is 1. The van der Waals surface area contributed by atoms with E-state index in [4.69, 9.17) is 0 Å². The van der Waals surface area contributed by atoms with Crippen LogP contribution in [0.5, 0.6) is 0 Å². The minimum absolute atomic E-state index is 0.121. The van der Waals surface area contributed by atoms with Gasteiger partial charge in [0.2, 0.25) is 5.91 Å². The maximum atomic E-state index is 13.3. The van der Waals surface area contributed by atoms with Crippen molar-refractivity contribution in [3.8, 4) is 0 Å². The van der Waals surface area contributed by atoms with Crippen molar-refractivity contribution in [3.63, 3.8) is 0 Å². The van der Waals surface area contributed by atoms with Crippen LogP contribution in [0.2, 0.25) is 0 Å². The van der Waals surface area contributed by atoms with Gasteiger partial charge in [-0.25, -0.2) is 8.78 Å². The fourth-order valence-electron chi connectivity index (χ4n) is 2.29. The van der Waals surface area contributed by atoms with Crippen LogP contribution in [-0.4, -0.2) is 35.7 Å². The number of hydrogen-bond acceptors (Lipinski definition) is 3. The molecule has 1 fully saturated rings. The minimum atomic E-state index is -4.22. The molecule has 1 aliphatic heterocycles. The van der Waals surface area contributed by atoms with E-state index in [1.54, 1.807) is 30.7 Å². The number of hydrogen-bond donors (Lipinski definition) is 1. The molecule has 0 bridgehead atoms. The monoisotopic (exact) mass is 324 g/mol. The van der Waals surface area contributed by atoms with Gasteiger partial charge in [-0.2, -0.15) is 20.1 Å². The predicted molar refractivity (Wildman–Crippen MR) is 71.5 cm³/mol. The average Bonchev–Trinajstić information content (AvgIpc) is 2.98. The first-order valence-electron chi connectivity index (χ1n) is 6.48. The molecule has 0 aromatic carbocycles. The molecule has 0 spiro atoms. The molecule has 8 heteroatoms. The SMILES string of the molecule is CC(C)C1NC(c2ccsc2)N(CC(F)(F)C(F)F)C1=O. The molecule has 118 valence electrons. The van der Waals surface area contributed by atoms with Crippen molar-refractivity contribution >= 4 is 17.2 Å². The molecule has 1 aromatic rings. The Balaban J connectivity index is 2.27. The van der Waals surface area contributed by atoms with E-state index in [-0.39, 0.29) is 5.92 Å². The van der Waals surface area contributed by atoms with E-state index in [9.17, 15) is 22.4 Å². The number of alkyl halides is 4. The quantitative estimate of drug-likeness (QED) is 0.844. The summed E-state index contributed by atoms with van der Waals surface area (Å²) in [5.41, 5.74) is 0.626. The lowest BCUT2D eigenvalue weighted by molar-refractivity contribution is -0.157. The van der Waals surface area contributed by atoms with Gasteiger partial charge in [0.15, 0.2) is 0 Å². The highest BCUT2D eigenvalue weighted by Crippen LogP contribution is 2.33. The van der Waals surface area contributed by atoms with Gasteiger partial charge in [0.25, 0.3) is 0 Å². The standard InChI is InChI=1S/C13H16F4N2OS/c1-7(2)9-11(20)19(6-13(16,17)12(14)15)10(18-9)8-3-4-21-5-8/h3-5,7,9-10,12,18H,6H2,1-2H3. The average molecular weight is 324 g/mol. The summed E-state index contributed by atoms with van der Waals surface area (Å²) in [6.45, 7) is 2.25. The molecule has 1 N–H and O–H groups in total. The number of rotatable bonds is 5. The Kier molecular flexibility index (Phi) is 4.57. The molecule has 1 amide bonds. The molecule has 0 radical (unpaired) electrons. The zero-order valence-corrected chi connectivity index (χ0v) is 12.3. The number of carbonyl (C=O) groups excluding carboxylic acids is 1. The largest absolute Gasteiger partial charge is 0.324 e. The molecule has 2 heterocycles. The van der Waals surface area contributed by atoms with E-state index in [0.717, 1.165) is 4.90 Å². The molecule has 0 saturated carbocycles. The van der Waals surface area contributed by atoms with Crippen LogP contribution in [0, 0.1) is 5.92 Å². The maximum Gasteiger partial charge on any atom is 0.324 e. The van der Waals surface area contributed by atoms with Crippen LogP contribution in [0.1, 0.15) is 25.6 Å². The van der Waals surface area contributed by atoms with E-state index in [1.807, 2.05) is 0 Å². The third kappa shape index (κ3) is 3.21. The zero-order valence-electron chi connectivity index (χ0n) is 11.5. The summed E-state index contributed by atoms with van der Waals surface area (Å²) in [7, 11) is 0. The zero-order chi connectivity index (χ0) is 15.8. The fraction of sp³-hybridized carbons (Fsp3) is 0.615. The second kappa shape index (κ2) is 5.92. The summed E-state index contributed by atoms with van der Waals surface area (Å²) in [5, 5.41) is 6.41. The molecule has 2 rings (SSSR count). The second-order valence-corrected chi connectivity index (χ2v) is 6.16. The topological polar surface area (TPSA) is 32.3 Å². The van der Waals surface area contributed by atoms with Crippen molar-refractivity contribution in [2.75, 3.05) is 6.54 Å². The van der Waals surface area contributed by atoms with E-state index in [2.05, 4.69) is 5.32 Å². The van der Waals surface area contributed by atoms with E-state index in [0.29, 0.717) is 5.56 Å². The third-order valence-corrected chi connectivity index (χ3v) is 4.13. The van der Waals surface area contributed by atoms with E-state index < -0.39 is 37.0 Å². The lowest BCUT2D eigenvalue weighted by Crippen LogP contribution is -2.44. The molecule has 21 heavy (non-hydrogen) atoms. The van der Waals surface area contributed by atoms with Gasteiger partial charge in [0, 0.05) is 0 Å². The predicted octanol–water partition coefficient (Wildman–Crippen LogP) is 3.10. The first-order chi connectivity index (χ1) is 9.74. The summed E-state index contributed by atoms with van der Waals surface area (Å²) in [5.74, 6) is -4.91. The van der Waals surface area contributed by atoms with Crippen molar-refractivity contribution in [2.45, 2.75) is 38.4 Å². The third-order valence-electron chi connectivity index (χ3n) is 3.42. The molecule has 1 aromatic heterocycles. The van der Waals surface area contributed by atoms with Crippen molar-refractivity contribution < 1.29 is 22.4 Å². The minimum Gasteiger partial charge on any atom is -0.315 e. The molecule has 1 aliphatic rings. The van der Waals surface area contributed by atoms with Gasteiger partial charge in [-0.3, -0.25) is 10.1 Å². The van der Waals surface area contributed by atoms with E-state index >= 15 is 0 Å². The first-order valence-corrected chi connectivity index (χ1v) is 7.43. The van der Waals surface area contributed by atoms with Crippen molar-refractivity contribution in [1.82, 2.24) is 10.2 Å². The molecule has 1 saturated heterocycles. The highest BCUT2D eigenvalue weighted by molar-refractivity contribution is 7.07. The van der Waals surface area contributed by atoms with Gasteiger partial charge in [-0.15, -0.1) is 0 Å². The molecule has 2 atom stereocenters. The van der Waals surface area contributed by atoms with Crippen LogP contribution < -0.4 is 5.32 Å². The van der Waals surface area contributed by atoms with Crippen LogP contribution in [0.15, 0.2) is 16.8 Å². The summed E-state index contributed by atoms with van der Waals surface area (Å²) in [6.07, 6.45) is -4.59. The van der Waals surface area contributed by atoms with Crippen molar-refractivity contribution in [2.24, 2.45) is 5.92 Å². The van der Waals surface area contributed by atoms with Crippen LogP contribution >= 0.6 is 11.3 Å². The molecule has 0 aliphatic carbocycles. The van der Waals surface area contributed by atoms with Gasteiger partial charge in [-0.1, -0.05) is 13.8 Å². The van der Waals surface area contributed by atoms with Crippen LogP contribution in [0.25, 0.3) is 0 Å². The van der Waals surface area contributed by atoms with Gasteiger partial charge in [0.1, 0.15) is 6.17 Å². The lowest BCUT2D eigenvalue weighted by Gasteiger charge is -2.27. The Morgan fingerprint density at radius 3 is 2.57 bits per heavy atom. The van der Waals surface area contributed by atoms with Crippen molar-refractivity contribution in [1.29, 1.82) is 0 Å². The Labute approximate surface area is 123 Å². The maximum absolute atomic E-state index is 13.3. The van der Waals surface area contributed by atoms with Gasteiger partial charge in [-0.05, 0) is 28.3 Å². The Morgan fingerprint density at radius 1 is 1.43 bits per heavy atom. The van der Waals surface area contributed by atoms with Crippen LogP contribution in [-0.2, 0) is 4.79 Å². The van der Waals surface area contributed by atoms with Crippen LogP contribution in [0.4, 0.5) is 17.6 Å². The summed E-state index contributed by atoms with van der Waals surface area (Å²) >= 11 is 1.35. The molecule has 2 unspecified atom stereocenters. The Morgan fingerprint density at radius 2 is 2.10 bits per heavy atom. The number of carbonyl (C=O) groups is 1. The normalized spacial score (nSPS) is 23.6. The van der Waals surface area contributed by atoms with Crippen molar-refractivity contribution in [3.05, 3.63) is 22.4 Å². The van der Waals surface area contributed by atoms with E-state index in [1.165, 1.54) is 11.3 Å². The fourth-order valence-corrected chi connectivity index (χ4v) is 2.97. The highest BCUT2D eigenvalue weighted by atomic mass is 32.1. The Bertz CT molecular complexity index is 492. The van der Waals surface area contributed by atoms with Crippen LogP contribution in [0.3, 0.4) is 0 Å². The highest BCUT2D eigenvalue weighted by Gasteiger charge is 2.49. The van der Waals surface area contributed by atoms with Gasteiger partial charge < -0.3 is 4.90 Å². The Hall–Kier alpha value is -1.15. The molecule has 3 nitrogen and oxygen atoms in total. The summed E-state index contributed by atoms with van der Waals surface area (Å²) in [4.78, 5) is 13.1. The second-order valence-electron chi connectivity index (χ2n) is 5.38. The molecular formula is C13H16F4N2OS. The number of thiophene rings is 1. The number of halogens is 4. The summed E-state index contributed by atoms with van der Waals surface area (Å²) < 4.78 is 51.5. The van der Waals surface area contributed by atoms with Gasteiger partial charge in [0.05, 0.1) is 12.6 Å². The molecular weight excluding hydrogens is 308 g/mol. The van der Waals surface area contributed by atoms with Gasteiger partial charge >= 0.3 is 12.3 Å². The number of amides is 1. The summed E-state index contributed by atoms with van der Waals surface area (Å²) in [6, 6.07) is 1.04. The first kappa shape index (κ1) is 16.2. The smallest absolute Gasteiger partial charge is 0.315 e. The lowest BCUT2D eigenvalue weighted by atomic mass is 10.1.